The second-order valence-corrected chi connectivity index (χ2v) is 4.88. The van der Waals surface area contributed by atoms with Crippen molar-refractivity contribution in [1.82, 2.24) is 10.3 Å². The first-order valence-electron chi connectivity index (χ1n) is 7.24. The number of aryl methyl sites for hydroxylation is 1. The van der Waals surface area contributed by atoms with Gasteiger partial charge in [-0.05, 0) is 44.2 Å². The van der Waals surface area contributed by atoms with Crippen molar-refractivity contribution < 1.29 is 9.47 Å². The van der Waals surface area contributed by atoms with E-state index in [9.17, 15) is 0 Å². The van der Waals surface area contributed by atoms with E-state index in [2.05, 4.69) is 17.2 Å². The highest BCUT2D eigenvalue weighted by Gasteiger charge is 2.07. The van der Waals surface area contributed by atoms with Crippen molar-refractivity contribution in [2.24, 2.45) is 0 Å². The lowest BCUT2D eigenvalue weighted by Gasteiger charge is -2.12. The molecule has 1 aromatic heterocycles. The number of nitrogens with one attached hydrogen (secondary N) is 1. The smallest absolute Gasteiger partial charge is 0.219 e. The Balaban J connectivity index is 2.21. The second-order valence-electron chi connectivity index (χ2n) is 4.88. The minimum Gasteiger partial charge on any atom is -0.490 e. The molecular weight excluding hydrogens is 264 g/mol. The zero-order valence-electron chi connectivity index (χ0n) is 12.8. The third-order valence-electron chi connectivity index (χ3n) is 2.90. The van der Waals surface area contributed by atoms with E-state index in [0.29, 0.717) is 18.2 Å². The first-order chi connectivity index (χ1) is 10.2. The fraction of sp³-hybridized carbons (Fsp3) is 0.353. The largest absolute Gasteiger partial charge is 0.490 e. The van der Waals surface area contributed by atoms with Crippen molar-refractivity contribution in [3.8, 4) is 17.4 Å². The number of nitrogens with zero attached hydrogens (tertiary/aromatic N) is 1. The maximum atomic E-state index is 5.91. The van der Waals surface area contributed by atoms with Crippen molar-refractivity contribution >= 4 is 0 Å². The fourth-order valence-electron chi connectivity index (χ4n) is 2.04. The lowest BCUT2D eigenvalue weighted by molar-refractivity contribution is 0.300. The summed E-state index contributed by atoms with van der Waals surface area (Å²) >= 11 is 0. The van der Waals surface area contributed by atoms with Gasteiger partial charge in [-0.15, -0.1) is 0 Å². The molecule has 4 heteroatoms. The van der Waals surface area contributed by atoms with Crippen LogP contribution in [-0.4, -0.2) is 18.6 Å². The maximum Gasteiger partial charge on any atom is 0.219 e. The van der Waals surface area contributed by atoms with E-state index < -0.39 is 0 Å². The molecule has 0 radical (unpaired) electrons. The van der Waals surface area contributed by atoms with Gasteiger partial charge in [0.1, 0.15) is 0 Å². The lowest BCUT2D eigenvalue weighted by atomic mass is 10.2. The molecule has 0 aliphatic carbocycles. The van der Waals surface area contributed by atoms with E-state index in [1.807, 2.05) is 50.4 Å². The minimum atomic E-state index is 0.591. The normalized spacial score (nSPS) is 10.4. The molecule has 0 saturated carbocycles. The molecule has 1 heterocycles. The van der Waals surface area contributed by atoms with Crippen molar-refractivity contribution in [2.75, 3.05) is 13.7 Å². The van der Waals surface area contributed by atoms with Gasteiger partial charge in [0, 0.05) is 18.3 Å². The predicted octanol–water partition coefficient (Wildman–Crippen LogP) is 3.69. The molecule has 0 spiro atoms. The maximum absolute atomic E-state index is 5.91. The van der Waals surface area contributed by atoms with Crippen LogP contribution in [-0.2, 0) is 6.54 Å². The third-order valence-corrected chi connectivity index (χ3v) is 2.90. The molecule has 0 atom stereocenters. The van der Waals surface area contributed by atoms with Crippen molar-refractivity contribution in [2.45, 2.75) is 26.8 Å². The second kappa shape index (κ2) is 7.64. The van der Waals surface area contributed by atoms with Gasteiger partial charge in [-0.25, -0.2) is 4.98 Å². The topological polar surface area (TPSA) is 43.4 Å². The highest BCUT2D eigenvalue weighted by Crippen LogP contribution is 2.31. The van der Waals surface area contributed by atoms with Crippen molar-refractivity contribution in [3.63, 3.8) is 0 Å². The SMILES string of the molecule is CCCOc1ccccc1Oc1cc(CNC)cc(C)n1. The fourth-order valence-corrected chi connectivity index (χ4v) is 2.04. The first kappa shape index (κ1) is 15.3. The van der Waals surface area contributed by atoms with Gasteiger partial charge in [0.2, 0.25) is 5.88 Å². The molecule has 21 heavy (non-hydrogen) atoms. The van der Waals surface area contributed by atoms with Gasteiger partial charge in [-0.1, -0.05) is 19.1 Å². The van der Waals surface area contributed by atoms with E-state index in [1.54, 1.807) is 0 Å². The van der Waals surface area contributed by atoms with Crippen LogP contribution in [0.4, 0.5) is 0 Å². The summed E-state index contributed by atoms with van der Waals surface area (Å²) in [5.41, 5.74) is 2.08. The molecular formula is C17H22N2O2. The van der Waals surface area contributed by atoms with Crippen LogP contribution >= 0.6 is 0 Å². The molecule has 2 aromatic rings. The van der Waals surface area contributed by atoms with Gasteiger partial charge >= 0.3 is 0 Å². The minimum absolute atomic E-state index is 0.591. The molecule has 0 saturated heterocycles. The van der Waals surface area contributed by atoms with Crippen molar-refractivity contribution in [1.29, 1.82) is 0 Å². The van der Waals surface area contributed by atoms with Crippen LogP contribution in [0.15, 0.2) is 36.4 Å². The molecule has 0 bridgehead atoms. The molecule has 112 valence electrons. The first-order valence-corrected chi connectivity index (χ1v) is 7.24. The number of aromatic nitrogens is 1. The Morgan fingerprint density at radius 1 is 1.14 bits per heavy atom. The van der Waals surface area contributed by atoms with Gasteiger partial charge in [0.15, 0.2) is 11.5 Å². The van der Waals surface area contributed by atoms with Crippen LogP contribution in [0.5, 0.6) is 17.4 Å². The van der Waals surface area contributed by atoms with Gasteiger partial charge in [0.05, 0.1) is 6.61 Å². The number of para-hydroxylation sites is 2. The van der Waals surface area contributed by atoms with E-state index in [0.717, 1.165) is 30.0 Å². The van der Waals surface area contributed by atoms with Crippen molar-refractivity contribution in [3.05, 3.63) is 47.7 Å². The van der Waals surface area contributed by atoms with Crippen LogP contribution in [0.25, 0.3) is 0 Å². The molecule has 1 N–H and O–H groups in total. The number of benzene rings is 1. The van der Waals surface area contributed by atoms with Gasteiger partial charge in [-0.2, -0.15) is 0 Å². The van der Waals surface area contributed by atoms with Crippen LogP contribution < -0.4 is 14.8 Å². The summed E-state index contributed by atoms with van der Waals surface area (Å²) in [6.07, 6.45) is 0.962. The zero-order valence-corrected chi connectivity index (χ0v) is 12.8. The Bertz CT molecular complexity index is 585. The molecule has 0 unspecified atom stereocenters. The Labute approximate surface area is 126 Å². The molecule has 0 aliphatic rings. The Morgan fingerprint density at radius 2 is 1.90 bits per heavy atom. The van der Waals surface area contributed by atoms with Crippen LogP contribution in [0, 0.1) is 6.92 Å². The standard InChI is InChI=1S/C17H22N2O2/c1-4-9-20-15-7-5-6-8-16(15)21-17-11-14(12-18-3)10-13(2)19-17/h5-8,10-11,18H,4,9,12H2,1-3H3. The van der Waals surface area contributed by atoms with Crippen LogP contribution in [0.3, 0.4) is 0 Å². The molecule has 0 fully saturated rings. The third kappa shape index (κ3) is 4.46. The molecule has 1 aromatic carbocycles. The Hall–Kier alpha value is -2.07. The van der Waals surface area contributed by atoms with E-state index in [1.165, 1.54) is 0 Å². The van der Waals surface area contributed by atoms with E-state index >= 15 is 0 Å². The highest BCUT2D eigenvalue weighted by atomic mass is 16.5. The Morgan fingerprint density at radius 3 is 2.62 bits per heavy atom. The summed E-state index contributed by atoms with van der Waals surface area (Å²) < 4.78 is 11.6. The van der Waals surface area contributed by atoms with Gasteiger partial charge in [-0.3, -0.25) is 0 Å². The number of hydrogen-bond acceptors (Lipinski definition) is 4. The average molecular weight is 286 g/mol. The molecule has 2 rings (SSSR count). The number of ether oxygens (including phenoxy) is 2. The summed E-state index contributed by atoms with van der Waals surface area (Å²) in [6, 6.07) is 11.7. The molecule has 0 aliphatic heterocycles. The zero-order chi connectivity index (χ0) is 15.1. The lowest BCUT2D eigenvalue weighted by Crippen LogP contribution is -2.06. The monoisotopic (exact) mass is 286 g/mol. The summed E-state index contributed by atoms with van der Waals surface area (Å²) in [4.78, 5) is 4.43. The van der Waals surface area contributed by atoms with Crippen LogP contribution in [0.2, 0.25) is 0 Å². The highest BCUT2D eigenvalue weighted by molar-refractivity contribution is 5.42. The summed E-state index contributed by atoms with van der Waals surface area (Å²) in [5, 5.41) is 3.13. The van der Waals surface area contributed by atoms with Gasteiger partial charge in [0.25, 0.3) is 0 Å². The molecule has 0 amide bonds. The average Bonchev–Trinajstić information content (AvgIpc) is 2.46. The Kier molecular flexibility index (Phi) is 5.58. The number of pyridine rings is 1. The number of hydrogen-bond donors (Lipinski definition) is 1. The van der Waals surface area contributed by atoms with Crippen LogP contribution in [0.1, 0.15) is 24.6 Å². The number of rotatable bonds is 7. The summed E-state index contributed by atoms with van der Waals surface area (Å²) in [5.74, 6) is 2.03. The quantitative estimate of drug-likeness (QED) is 0.843. The summed E-state index contributed by atoms with van der Waals surface area (Å²) in [6.45, 7) is 5.50. The predicted molar refractivity (Wildman–Crippen MR) is 84.0 cm³/mol. The molecule has 4 nitrogen and oxygen atoms in total. The summed E-state index contributed by atoms with van der Waals surface area (Å²) in [7, 11) is 1.92. The van der Waals surface area contributed by atoms with E-state index in [-0.39, 0.29) is 0 Å². The van der Waals surface area contributed by atoms with E-state index in [4.69, 9.17) is 9.47 Å². The van der Waals surface area contributed by atoms with Gasteiger partial charge < -0.3 is 14.8 Å².